The van der Waals surface area contributed by atoms with Crippen LogP contribution in [0.15, 0.2) is 18.5 Å². The maximum absolute atomic E-state index is 16.2. The minimum absolute atomic E-state index is 0.0532. The van der Waals surface area contributed by atoms with Crippen molar-refractivity contribution in [3.63, 3.8) is 0 Å². The first-order valence-electron chi connectivity index (χ1n) is 18.9. The van der Waals surface area contributed by atoms with Crippen LogP contribution in [0.2, 0.25) is 0 Å². The number of carbonyl (C=O) groups is 1. The molecule has 51 heavy (non-hydrogen) atoms. The van der Waals surface area contributed by atoms with E-state index in [4.69, 9.17) is 13.8 Å². The van der Waals surface area contributed by atoms with Crippen molar-refractivity contribution in [1.82, 2.24) is 25.3 Å². The number of ether oxygens (including phenoxy) is 1. The zero-order chi connectivity index (χ0) is 36.7. The molecule has 4 rings (SSSR count). The molecule has 1 aliphatic rings. The fourth-order valence-corrected chi connectivity index (χ4v) is 7.48. The molecule has 3 aromatic rings. The first-order valence-corrected chi connectivity index (χ1v) is 20.4. The summed E-state index contributed by atoms with van der Waals surface area (Å²) in [4.78, 5) is 41.0. The Morgan fingerprint density at radius 1 is 1.02 bits per heavy atom. The van der Waals surface area contributed by atoms with E-state index in [1.165, 1.54) is 76.6 Å². The van der Waals surface area contributed by atoms with Crippen molar-refractivity contribution < 1.29 is 32.4 Å². The lowest BCUT2D eigenvalue weighted by Crippen LogP contribution is -2.28. The van der Waals surface area contributed by atoms with Gasteiger partial charge in [0.05, 0.1) is 23.7 Å². The Kier molecular flexibility index (Phi) is 16.3. The number of aromatic nitrogens is 4. The van der Waals surface area contributed by atoms with E-state index in [0.717, 1.165) is 25.7 Å². The number of rotatable bonds is 23. The number of anilines is 1. The molecule has 284 valence electrons. The second kappa shape index (κ2) is 20.3. The largest absolute Gasteiger partial charge is 0.756 e. The third kappa shape index (κ3) is 12.6. The lowest BCUT2D eigenvalue weighted by molar-refractivity contribution is -0.236. The van der Waals surface area contributed by atoms with Gasteiger partial charge in [-0.05, 0) is 46.1 Å². The third-order valence-electron chi connectivity index (χ3n) is 9.16. The van der Waals surface area contributed by atoms with E-state index in [1.54, 1.807) is 26.8 Å². The number of unbranched alkanes of at least 4 members (excludes halogenated alkanes) is 13. The van der Waals surface area contributed by atoms with Crippen LogP contribution in [0.25, 0.3) is 22.2 Å². The van der Waals surface area contributed by atoms with Gasteiger partial charge in [-0.1, -0.05) is 90.4 Å². The van der Waals surface area contributed by atoms with Crippen LogP contribution in [-0.4, -0.2) is 45.7 Å². The second-order valence-electron chi connectivity index (χ2n) is 13.9. The molecule has 0 spiro atoms. The predicted octanol–water partition coefficient (Wildman–Crippen LogP) is 9.37. The average molecular weight is 732 g/mol. The number of aromatic amines is 1. The number of amides is 2. The zero-order valence-corrected chi connectivity index (χ0v) is 31.8. The molecule has 2 amide bonds. The highest BCUT2D eigenvalue weighted by Gasteiger charge is 2.32. The Hall–Kier alpha value is -2.96. The van der Waals surface area contributed by atoms with Gasteiger partial charge in [0.15, 0.2) is 5.82 Å². The average Bonchev–Trinajstić information content (AvgIpc) is 3.76. The van der Waals surface area contributed by atoms with E-state index in [0.29, 0.717) is 42.6 Å². The van der Waals surface area contributed by atoms with Gasteiger partial charge in [-0.15, -0.1) is 0 Å². The number of hydrogen-bond donors (Lipinski definition) is 3. The summed E-state index contributed by atoms with van der Waals surface area (Å²) in [5.41, 5.74) is 0.288. The summed E-state index contributed by atoms with van der Waals surface area (Å²) < 4.78 is 45.3. The maximum atomic E-state index is 16.2. The van der Waals surface area contributed by atoms with Crippen LogP contribution < -0.4 is 15.5 Å². The lowest BCUT2D eigenvalue weighted by atomic mass is 9.98. The number of fused-ring (bicyclic) bond motifs is 1. The van der Waals surface area contributed by atoms with E-state index < -0.39 is 31.4 Å². The standard InChI is InChI=1S/C37H58FN6O6P/c1-5-7-8-9-10-11-12-13-14-15-16-17-18-19-23-49-51(46,47)50-37(3,4)34-40-25-27(26-41-34)28-24-29-33(31(32(28)38)30-21-20-22-48-30)43-35(42-29)44-36(45)39-6-2/h24-26,30H,5-23H2,1-4H3,(H,46,47)(H3,39,42,43,44,45)/p-1/t30-/m1/s1. The fraction of sp³-hybridized carbons (Fsp3) is 0.676. The number of nitrogens with zero attached hydrogens (tertiary/aromatic N) is 3. The molecule has 0 saturated carbocycles. The van der Waals surface area contributed by atoms with Gasteiger partial charge >= 0.3 is 6.03 Å². The summed E-state index contributed by atoms with van der Waals surface area (Å²) in [6, 6.07) is 1.14. The van der Waals surface area contributed by atoms with E-state index in [9.17, 15) is 14.3 Å². The third-order valence-corrected chi connectivity index (χ3v) is 10.3. The van der Waals surface area contributed by atoms with Crippen LogP contribution in [0.5, 0.6) is 0 Å². The summed E-state index contributed by atoms with van der Waals surface area (Å²) in [5, 5.41) is 5.27. The summed E-state index contributed by atoms with van der Waals surface area (Å²) in [7, 11) is -4.65. The molecule has 1 unspecified atom stereocenters. The minimum atomic E-state index is -4.65. The van der Waals surface area contributed by atoms with Crippen LogP contribution in [0.3, 0.4) is 0 Å². The highest BCUT2D eigenvalue weighted by Crippen LogP contribution is 2.46. The Morgan fingerprint density at radius 2 is 1.63 bits per heavy atom. The minimum Gasteiger partial charge on any atom is -0.756 e. The predicted molar refractivity (Wildman–Crippen MR) is 196 cm³/mol. The zero-order valence-electron chi connectivity index (χ0n) is 30.9. The number of H-pyrrole nitrogens is 1. The molecule has 0 aliphatic carbocycles. The first-order chi connectivity index (χ1) is 24.5. The molecular formula is C37H57FN6O6P-. The van der Waals surface area contributed by atoms with Crippen molar-refractivity contribution in [3.05, 3.63) is 35.7 Å². The number of imidazole rings is 1. The molecule has 1 aliphatic heterocycles. The highest BCUT2D eigenvalue weighted by atomic mass is 31.2. The summed E-state index contributed by atoms with van der Waals surface area (Å²) in [6.45, 7) is 8.11. The van der Waals surface area contributed by atoms with Crippen molar-refractivity contribution in [1.29, 1.82) is 0 Å². The number of phosphoric acid groups is 1. The number of nitrogens with one attached hydrogen (secondary N) is 3. The molecule has 2 atom stereocenters. The number of carbonyl (C=O) groups excluding carboxylic acids is 1. The Bertz CT molecular complexity index is 1560. The fourth-order valence-electron chi connectivity index (χ4n) is 6.43. The molecule has 2 aromatic heterocycles. The van der Waals surface area contributed by atoms with Gasteiger partial charge in [-0.25, -0.2) is 24.1 Å². The molecule has 3 N–H and O–H groups in total. The number of phosphoric ester groups is 1. The Morgan fingerprint density at radius 3 is 2.20 bits per heavy atom. The van der Waals surface area contributed by atoms with Gasteiger partial charge in [0.2, 0.25) is 5.95 Å². The van der Waals surface area contributed by atoms with Crippen molar-refractivity contribution in [3.8, 4) is 11.1 Å². The van der Waals surface area contributed by atoms with Crippen LogP contribution in [0, 0.1) is 5.82 Å². The van der Waals surface area contributed by atoms with Gasteiger partial charge in [0.1, 0.15) is 11.4 Å². The van der Waals surface area contributed by atoms with Crippen LogP contribution in [0.4, 0.5) is 15.1 Å². The molecule has 1 aromatic carbocycles. The van der Waals surface area contributed by atoms with E-state index in [1.807, 2.05) is 0 Å². The number of urea groups is 1. The summed E-state index contributed by atoms with van der Waals surface area (Å²) in [6.07, 6.45) is 20.6. The Balaban J connectivity index is 1.28. The van der Waals surface area contributed by atoms with E-state index >= 15 is 4.39 Å². The number of benzene rings is 1. The van der Waals surface area contributed by atoms with Crippen molar-refractivity contribution in [2.24, 2.45) is 0 Å². The number of halogens is 1. The molecule has 0 bridgehead atoms. The van der Waals surface area contributed by atoms with Gasteiger partial charge in [-0.2, -0.15) is 0 Å². The molecule has 3 heterocycles. The van der Waals surface area contributed by atoms with E-state index in [-0.39, 0.29) is 29.5 Å². The molecule has 1 fully saturated rings. The van der Waals surface area contributed by atoms with Gasteiger partial charge in [-0.3, -0.25) is 9.88 Å². The summed E-state index contributed by atoms with van der Waals surface area (Å²) in [5.74, 6) is -0.262. The van der Waals surface area contributed by atoms with Gasteiger partial charge < -0.3 is 29.0 Å². The molecule has 0 radical (unpaired) electrons. The molecule has 14 heteroatoms. The van der Waals surface area contributed by atoms with Crippen molar-refractivity contribution in [2.75, 3.05) is 25.1 Å². The van der Waals surface area contributed by atoms with Crippen molar-refractivity contribution >= 4 is 30.8 Å². The maximum Gasteiger partial charge on any atom is 0.321 e. The Labute approximate surface area is 302 Å². The molecule has 12 nitrogen and oxygen atoms in total. The first kappa shape index (κ1) is 40.8. The normalized spacial score (nSPS) is 16.1. The number of hydrogen-bond acceptors (Lipinski definition) is 9. The molecular weight excluding hydrogens is 674 g/mol. The monoisotopic (exact) mass is 731 g/mol. The van der Waals surface area contributed by atoms with Crippen molar-refractivity contribution in [2.45, 2.75) is 142 Å². The topological polar surface area (TPSA) is 163 Å². The van der Waals surface area contributed by atoms with E-state index in [2.05, 4.69) is 37.5 Å². The van der Waals surface area contributed by atoms with Crippen LogP contribution in [-0.2, 0) is 24.0 Å². The quantitative estimate of drug-likeness (QED) is 0.0637. The SMILES string of the molecule is CCCCCCCCCCCCCCCCOP(=O)([O-])OC(C)(C)c1ncc(-c2cc3[nH]c(NC(=O)NCC)nc3c([C@H]3CCCO3)c2F)cn1. The van der Waals surface area contributed by atoms with Gasteiger partial charge in [0, 0.05) is 42.2 Å². The summed E-state index contributed by atoms with van der Waals surface area (Å²) >= 11 is 0. The second-order valence-corrected chi connectivity index (χ2v) is 15.2. The highest BCUT2D eigenvalue weighted by molar-refractivity contribution is 7.45. The lowest BCUT2D eigenvalue weighted by Gasteiger charge is -2.32. The smallest absolute Gasteiger partial charge is 0.321 e. The van der Waals surface area contributed by atoms with Crippen LogP contribution >= 0.6 is 7.82 Å². The molecule has 1 saturated heterocycles. The van der Waals surface area contributed by atoms with Gasteiger partial charge in [0.25, 0.3) is 7.82 Å². The van der Waals surface area contributed by atoms with Crippen LogP contribution in [0.1, 0.15) is 148 Å².